The molecule has 0 aliphatic carbocycles. The van der Waals surface area contributed by atoms with E-state index < -0.39 is 6.10 Å². The highest BCUT2D eigenvalue weighted by atomic mass is 16.5. The van der Waals surface area contributed by atoms with Crippen molar-refractivity contribution >= 4 is 0 Å². The summed E-state index contributed by atoms with van der Waals surface area (Å²) in [7, 11) is 0. The molecule has 2 aromatic rings. The number of rotatable bonds is 3. The molecule has 3 heteroatoms. The van der Waals surface area contributed by atoms with Crippen molar-refractivity contribution in [2.45, 2.75) is 13.0 Å². The van der Waals surface area contributed by atoms with Crippen molar-refractivity contribution in [3.8, 4) is 23.1 Å². The molecule has 0 spiro atoms. The molecule has 0 aliphatic rings. The van der Waals surface area contributed by atoms with Gasteiger partial charge in [0.15, 0.2) is 6.10 Å². The quantitative estimate of drug-likeness (QED) is 0.805. The number of nitrogens with zero attached hydrogens (tertiary/aromatic N) is 2. The van der Waals surface area contributed by atoms with Crippen LogP contribution in [0.4, 0.5) is 0 Å². The fraction of sp³-hybridized carbons (Fsp3) is 0.143. The molecule has 84 valence electrons. The number of nitriles is 1. The highest BCUT2D eigenvalue weighted by molar-refractivity contribution is 5.66. The lowest BCUT2D eigenvalue weighted by atomic mass is 10.1. The molecule has 1 heterocycles. The van der Waals surface area contributed by atoms with Crippen LogP contribution in [0.2, 0.25) is 0 Å². The number of hydrogen-bond acceptors (Lipinski definition) is 3. The monoisotopic (exact) mass is 224 g/mol. The first-order valence-corrected chi connectivity index (χ1v) is 5.38. The van der Waals surface area contributed by atoms with E-state index in [0.717, 1.165) is 11.3 Å². The molecular weight excluding hydrogens is 212 g/mol. The van der Waals surface area contributed by atoms with Gasteiger partial charge in [0.1, 0.15) is 11.8 Å². The smallest absolute Gasteiger partial charge is 0.181 e. The fourth-order valence-electron chi connectivity index (χ4n) is 1.52. The van der Waals surface area contributed by atoms with Gasteiger partial charge in [-0.2, -0.15) is 5.26 Å². The van der Waals surface area contributed by atoms with Gasteiger partial charge in [-0.1, -0.05) is 18.2 Å². The third-order valence-corrected chi connectivity index (χ3v) is 2.31. The number of ether oxygens (including phenoxy) is 1. The van der Waals surface area contributed by atoms with Crippen molar-refractivity contribution in [2.75, 3.05) is 0 Å². The van der Waals surface area contributed by atoms with Crippen molar-refractivity contribution in [3.63, 3.8) is 0 Å². The van der Waals surface area contributed by atoms with Crippen LogP contribution < -0.4 is 4.74 Å². The number of hydrogen-bond donors (Lipinski definition) is 0. The van der Waals surface area contributed by atoms with Gasteiger partial charge in [0, 0.05) is 11.8 Å². The molecule has 1 aromatic carbocycles. The summed E-state index contributed by atoms with van der Waals surface area (Å²) < 4.78 is 5.55. The molecule has 0 amide bonds. The largest absolute Gasteiger partial charge is 0.475 e. The van der Waals surface area contributed by atoms with Crippen molar-refractivity contribution < 1.29 is 4.74 Å². The maximum atomic E-state index is 8.77. The second-order valence-corrected chi connectivity index (χ2v) is 3.60. The summed E-state index contributed by atoms with van der Waals surface area (Å²) in [6.45, 7) is 1.72. The van der Waals surface area contributed by atoms with Crippen LogP contribution in [0.25, 0.3) is 11.3 Å². The van der Waals surface area contributed by atoms with Crippen LogP contribution in [-0.4, -0.2) is 11.1 Å². The Kier molecular flexibility index (Phi) is 3.37. The Labute approximate surface area is 100 Å². The highest BCUT2D eigenvalue weighted by Crippen LogP contribution is 2.28. The topological polar surface area (TPSA) is 45.9 Å². The Hall–Kier alpha value is -2.34. The summed E-state index contributed by atoms with van der Waals surface area (Å²) in [5.74, 6) is 0.681. The lowest BCUT2D eigenvalue weighted by Crippen LogP contribution is -2.08. The zero-order valence-corrected chi connectivity index (χ0v) is 9.50. The summed E-state index contributed by atoms with van der Waals surface area (Å²) in [5.41, 5.74) is 1.74. The second kappa shape index (κ2) is 5.13. The predicted octanol–water partition coefficient (Wildman–Crippen LogP) is 3.04. The maximum absolute atomic E-state index is 8.77. The van der Waals surface area contributed by atoms with E-state index in [1.807, 2.05) is 48.5 Å². The summed E-state index contributed by atoms with van der Waals surface area (Å²) in [4.78, 5) is 4.28. The van der Waals surface area contributed by atoms with Crippen LogP contribution in [0.1, 0.15) is 6.92 Å². The van der Waals surface area contributed by atoms with Gasteiger partial charge in [-0.3, -0.25) is 4.98 Å². The first-order valence-electron chi connectivity index (χ1n) is 5.38. The summed E-state index contributed by atoms with van der Waals surface area (Å²) in [6, 6.07) is 15.3. The highest BCUT2D eigenvalue weighted by Gasteiger charge is 2.09. The van der Waals surface area contributed by atoms with E-state index in [9.17, 15) is 0 Å². The molecule has 1 aromatic heterocycles. The predicted molar refractivity (Wildman–Crippen MR) is 65.4 cm³/mol. The van der Waals surface area contributed by atoms with Crippen LogP contribution in [0.5, 0.6) is 5.75 Å². The molecular formula is C14H12N2O. The average molecular weight is 224 g/mol. The minimum Gasteiger partial charge on any atom is -0.475 e. The number of aromatic nitrogens is 1. The molecule has 3 nitrogen and oxygen atoms in total. The number of benzene rings is 1. The normalized spacial score (nSPS) is 11.5. The first-order chi connectivity index (χ1) is 8.31. The van der Waals surface area contributed by atoms with Gasteiger partial charge < -0.3 is 4.74 Å². The molecule has 0 saturated carbocycles. The van der Waals surface area contributed by atoms with Crippen molar-refractivity contribution in [1.29, 1.82) is 5.26 Å². The third kappa shape index (κ3) is 2.61. The average Bonchev–Trinajstić information content (AvgIpc) is 2.40. The van der Waals surface area contributed by atoms with Gasteiger partial charge in [-0.15, -0.1) is 0 Å². The molecule has 0 aliphatic heterocycles. The van der Waals surface area contributed by atoms with E-state index >= 15 is 0 Å². The minimum absolute atomic E-state index is 0.472. The van der Waals surface area contributed by atoms with Gasteiger partial charge in [0.25, 0.3) is 0 Å². The molecule has 0 unspecified atom stereocenters. The fourth-order valence-corrected chi connectivity index (χ4v) is 1.52. The molecule has 0 radical (unpaired) electrons. The SMILES string of the molecule is C[C@@H](C#N)Oc1ccccc1-c1ccccn1. The van der Waals surface area contributed by atoms with Crippen molar-refractivity contribution in [1.82, 2.24) is 4.98 Å². The van der Waals surface area contributed by atoms with Crippen LogP contribution in [0.3, 0.4) is 0 Å². The summed E-state index contributed by atoms with van der Waals surface area (Å²) in [6.07, 6.45) is 1.26. The number of para-hydroxylation sites is 1. The molecule has 17 heavy (non-hydrogen) atoms. The van der Waals surface area contributed by atoms with Crippen molar-refractivity contribution in [2.24, 2.45) is 0 Å². The van der Waals surface area contributed by atoms with Crippen LogP contribution >= 0.6 is 0 Å². The van der Waals surface area contributed by atoms with Crippen LogP contribution in [-0.2, 0) is 0 Å². The Morgan fingerprint density at radius 3 is 2.65 bits per heavy atom. The van der Waals surface area contributed by atoms with Crippen molar-refractivity contribution in [3.05, 3.63) is 48.7 Å². The Bertz CT molecular complexity index is 531. The molecule has 0 bridgehead atoms. The Balaban J connectivity index is 2.38. The summed E-state index contributed by atoms with van der Waals surface area (Å²) >= 11 is 0. The second-order valence-electron chi connectivity index (χ2n) is 3.60. The van der Waals surface area contributed by atoms with E-state index in [-0.39, 0.29) is 0 Å². The maximum Gasteiger partial charge on any atom is 0.181 e. The van der Waals surface area contributed by atoms with E-state index in [1.54, 1.807) is 13.1 Å². The standard InChI is InChI=1S/C14H12N2O/c1-11(10-15)17-14-8-3-2-6-12(14)13-7-4-5-9-16-13/h2-9,11H,1H3/t11-/m0/s1. The van der Waals surface area contributed by atoms with Gasteiger partial charge >= 0.3 is 0 Å². The summed E-state index contributed by atoms with van der Waals surface area (Å²) in [5, 5.41) is 8.77. The van der Waals surface area contributed by atoms with E-state index in [1.165, 1.54) is 0 Å². The Morgan fingerprint density at radius 1 is 1.18 bits per heavy atom. The zero-order valence-electron chi connectivity index (χ0n) is 9.50. The van der Waals surface area contributed by atoms with Crippen LogP contribution in [0.15, 0.2) is 48.7 Å². The van der Waals surface area contributed by atoms with Gasteiger partial charge in [-0.05, 0) is 31.2 Å². The van der Waals surface area contributed by atoms with Crippen LogP contribution in [0, 0.1) is 11.3 Å². The van der Waals surface area contributed by atoms with E-state index in [2.05, 4.69) is 4.98 Å². The molecule has 2 rings (SSSR count). The number of pyridine rings is 1. The van der Waals surface area contributed by atoms with Gasteiger partial charge in [0.2, 0.25) is 0 Å². The van der Waals surface area contributed by atoms with Gasteiger partial charge in [0.05, 0.1) is 5.69 Å². The first kappa shape index (κ1) is 11.2. The lowest BCUT2D eigenvalue weighted by molar-refractivity contribution is 0.277. The molecule has 0 fully saturated rings. The van der Waals surface area contributed by atoms with Gasteiger partial charge in [-0.25, -0.2) is 0 Å². The zero-order chi connectivity index (χ0) is 12.1. The lowest BCUT2D eigenvalue weighted by Gasteiger charge is -2.11. The van der Waals surface area contributed by atoms with E-state index in [0.29, 0.717) is 5.75 Å². The molecule has 1 atom stereocenters. The molecule has 0 saturated heterocycles. The molecule has 0 N–H and O–H groups in total. The van der Waals surface area contributed by atoms with E-state index in [4.69, 9.17) is 10.00 Å². The minimum atomic E-state index is -0.472. The Morgan fingerprint density at radius 2 is 1.94 bits per heavy atom. The third-order valence-electron chi connectivity index (χ3n) is 2.31.